The molecule has 0 spiro atoms. The highest BCUT2D eigenvalue weighted by atomic mass is 32.1. The Labute approximate surface area is 169 Å². The van der Waals surface area contributed by atoms with Crippen LogP contribution in [0.4, 0.5) is 10.5 Å². The van der Waals surface area contributed by atoms with Gasteiger partial charge in [0.2, 0.25) is 0 Å². The molecule has 1 aliphatic heterocycles. The first-order chi connectivity index (χ1) is 13.5. The predicted molar refractivity (Wildman–Crippen MR) is 111 cm³/mol. The van der Waals surface area contributed by atoms with Crippen LogP contribution in [0.3, 0.4) is 0 Å². The monoisotopic (exact) mass is 402 g/mol. The van der Waals surface area contributed by atoms with Crippen LogP contribution in [0.1, 0.15) is 21.3 Å². The van der Waals surface area contributed by atoms with Crippen LogP contribution in [0.15, 0.2) is 41.8 Å². The molecule has 0 bridgehead atoms. The molecule has 1 unspecified atom stereocenters. The molecule has 1 fully saturated rings. The zero-order valence-corrected chi connectivity index (χ0v) is 17.0. The van der Waals surface area contributed by atoms with E-state index in [0.717, 1.165) is 0 Å². The summed E-state index contributed by atoms with van der Waals surface area (Å²) in [4.78, 5) is 29.8. The number of rotatable bonds is 6. The van der Waals surface area contributed by atoms with Crippen molar-refractivity contribution in [1.29, 1.82) is 0 Å². The molecular formula is C20H26N4O3S. The first-order valence-corrected chi connectivity index (χ1v) is 10.1. The maximum Gasteiger partial charge on any atom is 0.319 e. The third-order valence-corrected chi connectivity index (χ3v) is 5.61. The van der Waals surface area contributed by atoms with E-state index in [1.807, 2.05) is 25.5 Å². The molecule has 28 heavy (non-hydrogen) atoms. The Morgan fingerprint density at radius 1 is 1.18 bits per heavy atom. The second kappa shape index (κ2) is 9.68. The van der Waals surface area contributed by atoms with Gasteiger partial charge in [0.05, 0.1) is 19.3 Å². The molecule has 0 aliphatic carbocycles. The molecule has 2 heterocycles. The fourth-order valence-electron chi connectivity index (χ4n) is 3.03. The summed E-state index contributed by atoms with van der Waals surface area (Å²) in [6.45, 7) is 2.87. The van der Waals surface area contributed by atoms with Crippen LogP contribution in [0.5, 0.6) is 0 Å². The number of ether oxygens (including phenoxy) is 1. The summed E-state index contributed by atoms with van der Waals surface area (Å²) in [5.74, 6) is -0.0101. The van der Waals surface area contributed by atoms with Crippen LogP contribution in [-0.2, 0) is 4.74 Å². The van der Waals surface area contributed by atoms with Gasteiger partial charge in [-0.1, -0.05) is 6.07 Å². The lowest BCUT2D eigenvalue weighted by molar-refractivity contribution is 0.0303. The third kappa shape index (κ3) is 5.31. The van der Waals surface area contributed by atoms with Crippen molar-refractivity contribution in [1.82, 2.24) is 15.1 Å². The van der Waals surface area contributed by atoms with Crippen LogP contribution < -0.4 is 10.6 Å². The average Bonchev–Trinajstić information content (AvgIpc) is 3.23. The van der Waals surface area contributed by atoms with Crippen LogP contribution in [0.25, 0.3) is 0 Å². The molecule has 3 amide bonds. The molecule has 1 saturated heterocycles. The van der Waals surface area contributed by atoms with Gasteiger partial charge in [-0.2, -0.15) is 0 Å². The molecule has 1 atom stereocenters. The number of benzene rings is 1. The highest BCUT2D eigenvalue weighted by Crippen LogP contribution is 2.22. The standard InChI is InChI=1S/C20H26N4O3S/c1-23(2)17(18-4-3-13-28-18)14-21-20(26)22-16-7-5-15(6-8-16)19(25)24-9-11-27-12-10-24/h3-8,13,17H,9-12,14H2,1-2H3,(H2,21,22,26). The Hall–Kier alpha value is -2.42. The number of amides is 3. The summed E-state index contributed by atoms with van der Waals surface area (Å²) in [6, 6.07) is 10.9. The quantitative estimate of drug-likeness (QED) is 0.779. The van der Waals surface area contributed by atoms with Crippen LogP contribution in [-0.4, -0.2) is 68.7 Å². The topological polar surface area (TPSA) is 73.9 Å². The minimum absolute atomic E-state index is 0.0101. The number of carbonyl (C=O) groups excluding carboxylic acids is 2. The summed E-state index contributed by atoms with van der Waals surface area (Å²) >= 11 is 1.67. The van der Waals surface area contributed by atoms with Gasteiger partial charge in [0, 0.05) is 35.8 Å². The zero-order chi connectivity index (χ0) is 19.9. The molecule has 1 aromatic carbocycles. The van der Waals surface area contributed by atoms with E-state index in [1.54, 1.807) is 40.5 Å². The second-order valence-corrected chi connectivity index (χ2v) is 7.79. The number of nitrogens with one attached hydrogen (secondary N) is 2. The van der Waals surface area contributed by atoms with E-state index >= 15 is 0 Å². The van der Waals surface area contributed by atoms with Crippen molar-refractivity contribution >= 4 is 29.0 Å². The van der Waals surface area contributed by atoms with Crippen molar-refractivity contribution in [3.63, 3.8) is 0 Å². The lowest BCUT2D eigenvalue weighted by Gasteiger charge is -2.26. The van der Waals surface area contributed by atoms with Gasteiger partial charge >= 0.3 is 6.03 Å². The molecule has 1 aliphatic rings. The Balaban J connectivity index is 1.52. The van der Waals surface area contributed by atoms with Gasteiger partial charge in [-0.3, -0.25) is 4.79 Å². The van der Waals surface area contributed by atoms with Gasteiger partial charge in [-0.05, 0) is 49.8 Å². The zero-order valence-electron chi connectivity index (χ0n) is 16.2. The Morgan fingerprint density at radius 2 is 1.89 bits per heavy atom. The largest absolute Gasteiger partial charge is 0.378 e. The van der Waals surface area contributed by atoms with E-state index in [9.17, 15) is 9.59 Å². The van der Waals surface area contributed by atoms with Gasteiger partial charge in [-0.15, -0.1) is 11.3 Å². The van der Waals surface area contributed by atoms with E-state index in [2.05, 4.69) is 21.6 Å². The smallest absolute Gasteiger partial charge is 0.319 e. The average molecular weight is 403 g/mol. The van der Waals surface area contributed by atoms with Crippen LogP contribution >= 0.6 is 11.3 Å². The number of morpholine rings is 1. The summed E-state index contributed by atoms with van der Waals surface area (Å²) in [7, 11) is 3.99. The van der Waals surface area contributed by atoms with Crippen molar-refractivity contribution in [2.24, 2.45) is 0 Å². The molecule has 2 aromatic rings. The molecule has 7 nitrogen and oxygen atoms in total. The highest BCUT2D eigenvalue weighted by Gasteiger charge is 2.19. The van der Waals surface area contributed by atoms with Gasteiger partial charge in [0.1, 0.15) is 0 Å². The minimum atomic E-state index is -0.268. The maximum atomic E-state index is 12.5. The van der Waals surface area contributed by atoms with E-state index in [0.29, 0.717) is 44.1 Å². The van der Waals surface area contributed by atoms with Crippen molar-refractivity contribution in [2.75, 3.05) is 52.3 Å². The van der Waals surface area contributed by atoms with E-state index in [1.165, 1.54) is 4.88 Å². The number of hydrogen-bond donors (Lipinski definition) is 2. The van der Waals surface area contributed by atoms with Crippen molar-refractivity contribution in [3.8, 4) is 0 Å². The predicted octanol–water partition coefficient (Wildman–Crippen LogP) is 2.64. The van der Waals surface area contributed by atoms with Crippen molar-refractivity contribution in [3.05, 3.63) is 52.2 Å². The maximum absolute atomic E-state index is 12.5. The third-order valence-electron chi connectivity index (χ3n) is 4.64. The first-order valence-electron chi connectivity index (χ1n) is 9.26. The van der Waals surface area contributed by atoms with Gasteiger partial charge in [-0.25, -0.2) is 4.79 Å². The molecule has 3 rings (SSSR count). The molecule has 2 N–H and O–H groups in total. The summed E-state index contributed by atoms with van der Waals surface area (Å²) < 4.78 is 5.28. The van der Waals surface area contributed by atoms with Gasteiger partial charge < -0.3 is 25.2 Å². The second-order valence-electron chi connectivity index (χ2n) is 6.81. The molecule has 0 radical (unpaired) electrons. The molecule has 8 heteroatoms. The number of thiophene rings is 1. The molecule has 150 valence electrons. The molecular weight excluding hydrogens is 376 g/mol. The van der Waals surface area contributed by atoms with Crippen molar-refractivity contribution < 1.29 is 14.3 Å². The first kappa shape index (κ1) is 20.3. The fraction of sp³-hybridized carbons (Fsp3) is 0.400. The normalized spacial score (nSPS) is 15.3. The summed E-state index contributed by atoms with van der Waals surface area (Å²) in [5, 5.41) is 7.77. The summed E-state index contributed by atoms with van der Waals surface area (Å²) in [6.07, 6.45) is 0. The number of nitrogens with zero attached hydrogens (tertiary/aromatic N) is 2. The summed E-state index contributed by atoms with van der Waals surface area (Å²) in [5.41, 5.74) is 1.26. The van der Waals surface area contributed by atoms with E-state index in [4.69, 9.17) is 4.74 Å². The molecule has 1 aromatic heterocycles. The highest BCUT2D eigenvalue weighted by molar-refractivity contribution is 7.10. The number of carbonyl (C=O) groups is 2. The number of hydrogen-bond acceptors (Lipinski definition) is 5. The number of urea groups is 1. The van der Waals surface area contributed by atoms with E-state index in [-0.39, 0.29) is 18.0 Å². The minimum Gasteiger partial charge on any atom is -0.378 e. The Bertz CT molecular complexity index is 771. The van der Waals surface area contributed by atoms with Gasteiger partial charge in [0.25, 0.3) is 5.91 Å². The fourth-order valence-corrected chi connectivity index (χ4v) is 3.95. The van der Waals surface area contributed by atoms with E-state index < -0.39 is 0 Å². The molecule has 0 saturated carbocycles. The number of likely N-dealkylation sites (N-methyl/N-ethyl adjacent to an activating group) is 1. The number of anilines is 1. The Morgan fingerprint density at radius 3 is 2.50 bits per heavy atom. The lowest BCUT2D eigenvalue weighted by atomic mass is 10.1. The van der Waals surface area contributed by atoms with Crippen LogP contribution in [0.2, 0.25) is 0 Å². The lowest BCUT2D eigenvalue weighted by Crippen LogP contribution is -2.40. The Kier molecular flexibility index (Phi) is 7.02. The van der Waals surface area contributed by atoms with Crippen molar-refractivity contribution in [2.45, 2.75) is 6.04 Å². The SMILES string of the molecule is CN(C)C(CNC(=O)Nc1ccc(C(=O)N2CCOCC2)cc1)c1cccs1. The van der Waals surface area contributed by atoms with Crippen LogP contribution in [0, 0.1) is 0 Å². The van der Waals surface area contributed by atoms with Gasteiger partial charge in [0.15, 0.2) is 0 Å².